The molecule has 0 saturated carbocycles. The van der Waals surface area contributed by atoms with Crippen LogP contribution in [0, 0.1) is 5.41 Å². The number of hydrogen-bond donors (Lipinski definition) is 2. The van der Waals surface area contributed by atoms with Gasteiger partial charge >= 0.3 is 12.0 Å². The molecule has 6 heteroatoms. The number of piperidine rings is 1. The van der Waals surface area contributed by atoms with E-state index in [9.17, 15) is 9.59 Å². The van der Waals surface area contributed by atoms with Gasteiger partial charge in [0.25, 0.3) is 0 Å². The van der Waals surface area contributed by atoms with E-state index < -0.39 is 5.97 Å². The number of amides is 2. The van der Waals surface area contributed by atoms with Gasteiger partial charge in [0.15, 0.2) is 0 Å². The van der Waals surface area contributed by atoms with Gasteiger partial charge in [-0.1, -0.05) is 20.3 Å². The zero-order valence-electron chi connectivity index (χ0n) is 11.8. The van der Waals surface area contributed by atoms with Gasteiger partial charge in [-0.2, -0.15) is 0 Å². The van der Waals surface area contributed by atoms with Crippen molar-refractivity contribution < 1.29 is 19.4 Å². The monoisotopic (exact) mass is 272 g/mol. The van der Waals surface area contributed by atoms with Crippen LogP contribution in [0.2, 0.25) is 0 Å². The molecule has 0 unspecified atom stereocenters. The minimum absolute atomic E-state index is 0.0860. The second kappa shape index (κ2) is 7.33. The molecule has 2 N–H and O–H groups in total. The summed E-state index contributed by atoms with van der Waals surface area (Å²) in [5, 5.41) is 11.1. The molecule has 6 nitrogen and oxygen atoms in total. The Morgan fingerprint density at radius 3 is 2.53 bits per heavy atom. The summed E-state index contributed by atoms with van der Waals surface area (Å²) >= 11 is 0. The number of carbonyl (C=O) groups excluding carboxylic acids is 1. The first kappa shape index (κ1) is 15.8. The predicted octanol–water partition coefficient (Wildman–Crippen LogP) is 1.31. The number of likely N-dealkylation sites (tertiary alicyclic amines) is 1. The van der Waals surface area contributed by atoms with E-state index in [2.05, 4.69) is 19.2 Å². The maximum Gasteiger partial charge on any atom is 0.329 e. The molecule has 0 spiro atoms. The lowest BCUT2D eigenvalue weighted by Crippen LogP contribution is -2.47. The first-order valence-electron chi connectivity index (χ1n) is 6.79. The summed E-state index contributed by atoms with van der Waals surface area (Å²) in [5.41, 5.74) is 0.362. The number of nitrogens with one attached hydrogen (secondary N) is 1. The van der Waals surface area contributed by atoms with E-state index >= 15 is 0 Å². The zero-order chi connectivity index (χ0) is 14.3. The van der Waals surface area contributed by atoms with Crippen LogP contribution >= 0.6 is 0 Å². The van der Waals surface area contributed by atoms with E-state index in [1.807, 2.05) is 4.90 Å². The third-order valence-electron chi connectivity index (χ3n) is 3.86. The van der Waals surface area contributed by atoms with Crippen molar-refractivity contribution in [1.29, 1.82) is 0 Å². The van der Waals surface area contributed by atoms with Crippen LogP contribution in [0.5, 0.6) is 0 Å². The average Bonchev–Trinajstić information content (AvgIpc) is 2.38. The van der Waals surface area contributed by atoms with E-state index in [1.54, 1.807) is 0 Å². The highest BCUT2D eigenvalue weighted by Crippen LogP contribution is 2.33. The maximum atomic E-state index is 11.8. The van der Waals surface area contributed by atoms with Crippen LogP contribution < -0.4 is 5.32 Å². The van der Waals surface area contributed by atoms with Crippen LogP contribution in [0.25, 0.3) is 0 Å². The Balaban J connectivity index is 2.16. The molecule has 19 heavy (non-hydrogen) atoms. The van der Waals surface area contributed by atoms with Crippen LogP contribution in [0.3, 0.4) is 0 Å². The standard InChI is InChI=1S/C13H24N2O4/c1-3-13(2)4-7-15(8-5-13)12(18)14-6-9-19-10-11(16)17/h3-10H2,1-2H3,(H,14,18)(H,16,17). The van der Waals surface area contributed by atoms with Gasteiger partial charge in [-0.05, 0) is 18.3 Å². The third-order valence-corrected chi connectivity index (χ3v) is 3.86. The smallest absolute Gasteiger partial charge is 0.329 e. The number of carboxylic acid groups (broad SMARTS) is 1. The summed E-state index contributed by atoms with van der Waals surface area (Å²) in [6.07, 6.45) is 3.21. The number of nitrogens with zero attached hydrogens (tertiary/aromatic N) is 1. The molecule has 1 aliphatic heterocycles. The normalized spacial score (nSPS) is 18.1. The molecule has 2 amide bonds. The van der Waals surface area contributed by atoms with Crippen LogP contribution in [0.15, 0.2) is 0 Å². The van der Waals surface area contributed by atoms with Gasteiger partial charge in [0.2, 0.25) is 0 Å². The largest absolute Gasteiger partial charge is 0.480 e. The predicted molar refractivity (Wildman–Crippen MR) is 71.1 cm³/mol. The van der Waals surface area contributed by atoms with Crippen molar-refractivity contribution in [2.24, 2.45) is 5.41 Å². The number of carbonyl (C=O) groups is 2. The number of urea groups is 1. The molecule has 0 aromatic carbocycles. The van der Waals surface area contributed by atoms with Crippen molar-refractivity contribution >= 4 is 12.0 Å². The minimum atomic E-state index is -0.999. The molecule has 0 aromatic heterocycles. The first-order chi connectivity index (χ1) is 8.97. The van der Waals surface area contributed by atoms with Crippen LogP contribution in [-0.4, -0.2) is 54.9 Å². The number of rotatable bonds is 6. The summed E-state index contributed by atoms with van der Waals surface area (Å²) in [5.74, 6) is -0.999. The minimum Gasteiger partial charge on any atom is -0.480 e. The highest BCUT2D eigenvalue weighted by atomic mass is 16.5. The Morgan fingerprint density at radius 2 is 2.00 bits per heavy atom. The number of hydrogen-bond acceptors (Lipinski definition) is 3. The van der Waals surface area contributed by atoms with Crippen LogP contribution in [-0.2, 0) is 9.53 Å². The highest BCUT2D eigenvalue weighted by molar-refractivity contribution is 5.74. The van der Waals surface area contributed by atoms with E-state index in [4.69, 9.17) is 9.84 Å². The molecule has 1 aliphatic rings. The highest BCUT2D eigenvalue weighted by Gasteiger charge is 2.29. The van der Waals surface area contributed by atoms with Gasteiger partial charge in [-0.25, -0.2) is 9.59 Å². The Hall–Kier alpha value is -1.30. The zero-order valence-corrected chi connectivity index (χ0v) is 11.8. The van der Waals surface area contributed by atoms with Gasteiger partial charge in [0.05, 0.1) is 6.61 Å². The molecule has 0 atom stereocenters. The van der Waals surface area contributed by atoms with E-state index in [0.29, 0.717) is 12.0 Å². The van der Waals surface area contributed by atoms with Crippen molar-refractivity contribution in [3.63, 3.8) is 0 Å². The van der Waals surface area contributed by atoms with Crippen molar-refractivity contribution in [2.45, 2.75) is 33.1 Å². The lowest BCUT2D eigenvalue weighted by Gasteiger charge is -2.38. The topological polar surface area (TPSA) is 78.9 Å². The summed E-state index contributed by atoms with van der Waals surface area (Å²) in [7, 11) is 0. The van der Waals surface area contributed by atoms with Crippen LogP contribution in [0.4, 0.5) is 4.79 Å². The van der Waals surface area contributed by atoms with Crippen LogP contribution in [0.1, 0.15) is 33.1 Å². The van der Waals surface area contributed by atoms with E-state index in [0.717, 1.165) is 32.4 Å². The van der Waals surface area contributed by atoms with Crippen molar-refractivity contribution in [3.8, 4) is 0 Å². The van der Waals surface area contributed by atoms with Gasteiger partial charge < -0.3 is 20.1 Å². The molecule has 0 bridgehead atoms. The molecule has 110 valence electrons. The Morgan fingerprint density at radius 1 is 1.37 bits per heavy atom. The van der Waals surface area contributed by atoms with Crippen molar-refractivity contribution in [1.82, 2.24) is 10.2 Å². The molecule has 0 radical (unpaired) electrons. The van der Waals surface area contributed by atoms with Gasteiger partial charge in [-0.3, -0.25) is 0 Å². The lowest BCUT2D eigenvalue weighted by atomic mass is 9.78. The second-order valence-corrected chi connectivity index (χ2v) is 5.33. The fourth-order valence-electron chi connectivity index (χ4n) is 2.10. The lowest BCUT2D eigenvalue weighted by molar-refractivity contribution is -0.142. The van der Waals surface area contributed by atoms with Crippen molar-refractivity contribution in [2.75, 3.05) is 32.8 Å². The molecular formula is C13H24N2O4. The summed E-state index contributed by atoms with van der Waals surface area (Å²) < 4.78 is 4.85. The second-order valence-electron chi connectivity index (χ2n) is 5.33. The summed E-state index contributed by atoms with van der Waals surface area (Å²) in [6.45, 7) is 6.26. The van der Waals surface area contributed by atoms with E-state index in [1.165, 1.54) is 0 Å². The maximum absolute atomic E-state index is 11.8. The quantitative estimate of drug-likeness (QED) is 0.715. The number of carboxylic acids is 1. The average molecular weight is 272 g/mol. The molecule has 1 fully saturated rings. The Bertz CT molecular complexity index is 312. The fraction of sp³-hybridized carbons (Fsp3) is 0.846. The molecule has 0 aromatic rings. The van der Waals surface area contributed by atoms with Crippen molar-refractivity contribution in [3.05, 3.63) is 0 Å². The van der Waals surface area contributed by atoms with Gasteiger partial charge in [0.1, 0.15) is 6.61 Å². The first-order valence-corrected chi connectivity index (χ1v) is 6.79. The SMILES string of the molecule is CCC1(C)CCN(C(=O)NCCOCC(=O)O)CC1. The molecular weight excluding hydrogens is 248 g/mol. The Kier molecular flexibility index (Phi) is 6.08. The molecule has 1 heterocycles. The number of aliphatic carboxylic acids is 1. The molecule has 1 rings (SSSR count). The van der Waals surface area contributed by atoms with E-state index in [-0.39, 0.29) is 19.2 Å². The molecule has 0 aliphatic carbocycles. The third kappa shape index (κ3) is 5.46. The molecule has 1 saturated heterocycles. The fourth-order valence-corrected chi connectivity index (χ4v) is 2.10. The van der Waals surface area contributed by atoms with Gasteiger partial charge in [0, 0.05) is 19.6 Å². The van der Waals surface area contributed by atoms with Gasteiger partial charge in [-0.15, -0.1) is 0 Å². The number of ether oxygens (including phenoxy) is 1. The Labute approximate surface area is 114 Å². The summed E-state index contributed by atoms with van der Waals surface area (Å²) in [6, 6.07) is -0.0860. The summed E-state index contributed by atoms with van der Waals surface area (Å²) in [4.78, 5) is 23.9.